The lowest BCUT2D eigenvalue weighted by Crippen LogP contribution is -2.47. The molecule has 2 atom stereocenters. The van der Waals surface area contributed by atoms with Crippen LogP contribution < -0.4 is 0 Å². The van der Waals surface area contributed by atoms with Gasteiger partial charge in [-0.1, -0.05) is 32.4 Å². The summed E-state index contributed by atoms with van der Waals surface area (Å²) in [6, 6.07) is 5.11. The number of halogens is 2. The van der Waals surface area contributed by atoms with E-state index in [1.807, 2.05) is 0 Å². The molecule has 1 saturated heterocycles. The third-order valence-electron chi connectivity index (χ3n) is 9.63. The number of esters is 1. The number of nitrogens with zero attached hydrogens (tertiary/aromatic N) is 6. The highest BCUT2D eigenvalue weighted by Crippen LogP contribution is 2.53. The summed E-state index contributed by atoms with van der Waals surface area (Å²) in [5.74, 6) is -2.16. The number of fused-ring (bicyclic) bond motifs is 1. The van der Waals surface area contributed by atoms with Crippen molar-refractivity contribution in [3.63, 3.8) is 0 Å². The van der Waals surface area contributed by atoms with E-state index < -0.39 is 44.3 Å². The van der Waals surface area contributed by atoms with Crippen LogP contribution in [0.3, 0.4) is 0 Å². The molecule has 0 spiro atoms. The number of hydrogen-bond donors (Lipinski definition) is 0. The fraction of sp³-hybridized carbons (Fsp3) is 0.469. The molecule has 4 heterocycles. The summed E-state index contributed by atoms with van der Waals surface area (Å²) < 4.78 is 28.8. The number of aromatic nitrogens is 5. The van der Waals surface area contributed by atoms with E-state index in [0.29, 0.717) is 41.8 Å². The maximum Gasteiger partial charge on any atom is 0.329 e. The van der Waals surface area contributed by atoms with Gasteiger partial charge in [0.1, 0.15) is 12.4 Å². The molecule has 14 heteroatoms. The summed E-state index contributed by atoms with van der Waals surface area (Å²) >= 11 is 6.10. The molecule has 1 amide bonds. The Labute approximate surface area is 272 Å². The van der Waals surface area contributed by atoms with Gasteiger partial charge in [0.05, 0.1) is 22.0 Å². The van der Waals surface area contributed by atoms with Crippen molar-refractivity contribution in [1.82, 2.24) is 30.1 Å². The predicted molar refractivity (Wildman–Crippen MR) is 169 cm³/mol. The summed E-state index contributed by atoms with van der Waals surface area (Å²) in [5.41, 5.74) is 1.51. The number of pyridine rings is 1. The molecule has 2 fully saturated rings. The van der Waals surface area contributed by atoms with Gasteiger partial charge < -0.3 is 14.1 Å². The molecule has 1 aliphatic carbocycles. The number of carbonyl (C=O) groups is 3. The average Bonchev–Trinajstić information content (AvgIpc) is 3.37. The number of hydrogen-bond acceptors (Lipinski definition) is 9. The van der Waals surface area contributed by atoms with Crippen molar-refractivity contribution in [1.29, 1.82) is 0 Å². The zero-order valence-corrected chi connectivity index (χ0v) is 28.2. The van der Waals surface area contributed by atoms with E-state index in [4.69, 9.17) is 20.8 Å². The second-order valence-electron chi connectivity index (χ2n) is 13.7. The van der Waals surface area contributed by atoms with E-state index in [1.54, 1.807) is 24.4 Å². The van der Waals surface area contributed by atoms with Crippen LogP contribution >= 0.6 is 11.6 Å². The zero-order chi connectivity index (χ0) is 33.0. The first-order valence-corrected chi connectivity index (χ1v) is 18.6. The number of ether oxygens (including phenoxy) is 1. The van der Waals surface area contributed by atoms with Crippen molar-refractivity contribution in [3.8, 4) is 5.69 Å². The Balaban J connectivity index is 1.13. The van der Waals surface area contributed by atoms with E-state index >= 15 is 4.39 Å². The van der Waals surface area contributed by atoms with Crippen LogP contribution in [0.1, 0.15) is 74.5 Å². The molecule has 6 rings (SSSR count). The van der Waals surface area contributed by atoms with Crippen LogP contribution in [0.15, 0.2) is 42.9 Å². The van der Waals surface area contributed by atoms with E-state index in [2.05, 4.69) is 54.4 Å². The van der Waals surface area contributed by atoms with Crippen molar-refractivity contribution >= 4 is 43.2 Å². The lowest BCUT2D eigenvalue weighted by Gasteiger charge is -2.39. The Hall–Kier alpha value is -3.81. The first kappa shape index (κ1) is 32.1. The van der Waals surface area contributed by atoms with Gasteiger partial charge in [-0.2, -0.15) is 4.68 Å². The van der Waals surface area contributed by atoms with Crippen molar-refractivity contribution in [2.75, 3.05) is 6.61 Å². The van der Waals surface area contributed by atoms with Crippen molar-refractivity contribution in [2.45, 2.75) is 88.7 Å². The summed E-state index contributed by atoms with van der Waals surface area (Å²) in [4.78, 5) is 45.8. The highest BCUT2D eigenvalue weighted by Gasteiger charge is 2.53. The Morgan fingerprint density at radius 3 is 2.61 bits per heavy atom. The molecule has 3 aliphatic rings. The third-order valence-corrected chi connectivity index (χ3v) is 14.4. The van der Waals surface area contributed by atoms with Gasteiger partial charge in [0, 0.05) is 29.4 Å². The number of rotatable bonds is 9. The molecule has 1 saturated carbocycles. The van der Waals surface area contributed by atoms with Gasteiger partial charge in [0.15, 0.2) is 26.5 Å². The fourth-order valence-electron chi connectivity index (χ4n) is 6.00. The first-order valence-electron chi connectivity index (χ1n) is 15.3. The van der Waals surface area contributed by atoms with Crippen molar-refractivity contribution < 1.29 is 27.9 Å². The van der Waals surface area contributed by atoms with Gasteiger partial charge in [-0.25, -0.2) is 9.18 Å². The summed E-state index contributed by atoms with van der Waals surface area (Å²) in [5, 5.41) is 11.0. The molecule has 46 heavy (non-hydrogen) atoms. The quantitative estimate of drug-likeness (QED) is 0.167. The molecule has 1 aromatic carbocycles. The Bertz CT molecular complexity index is 1740. The Morgan fingerprint density at radius 1 is 1.17 bits per heavy atom. The van der Waals surface area contributed by atoms with Crippen LogP contribution in [-0.2, 0) is 24.4 Å². The molecular weight excluding hydrogens is 631 g/mol. The molecule has 2 aromatic heterocycles. The molecule has 0 N–H and O–H groups in total. The predicted octanol–water partition coefficient (Wildman–Crippen LogP) is 5.43. The smallest absolute Gasteiger partial charge is 0.329 e. The largest absolute Gasteiger partial charge is 0.456 e. The minimum absolute atomic E-state index is 0.0284. The molecular formula is C32H36ClFN6O5Si. The lowest BCUT2D eigenvalue weighted by atomic mass is 9.92. The molecule has 242 valence electrons. The monoisotopic (exact) mass is 666 g/mol. The summed E-state index contributed by atoms with van der Waals surface area (Å²) in [7, 11) is -2.08. The Kier molecular flexibility index (Phi) is 8.22. The van der Waals surface area contributed by atoms with Gasteiger partial charge in [0.25, 0.3) is 0 Å². The number of ketones is 1. The summed E-state index contributed by atoms with van der Waals surface area (Å²) in [6.45, 7) is 10.5. The SMILES string of the molecule is CC(C)(C)[Si](C)(C)OC1(c2cc(C(=O)COC(=O)[C@@H]3CC[C@@H]4CC(c5c(-n6cnnn6)ccc(Cl)c5F)=CC(=O)N43)ccn2)CC1. The van der Waals surface area contributed by atoms with Crippen LogP contribution in [0, 0.1) is 5.82 Å². The van der Waals surface area contributed by atoms with E-state index in [-0.39, 0.29) is 27.4 Å². The second-order valence-corrected chi connectivity index (χ2v) is 18.8. The number of carbonyl (C=O) groups excluding carboxylic acids is 3. The minimum Gasteiger partial charge on any atom is -0.456 e. The van der Waals surface area contributed by atoms with Gasteiger partial charge >= 0.3 is 5.97 Å². The molecule has 3 aromatic rings. The van der Waals surface area contributed by atoms with Crippen LogP contribution in [0.25, 0.3) is 11.3 Å². The topological polar surface area (TPSA) is 129 Å². The van der Waals surface area contributed by atoms with Gasteiger partial charge in [-0.05, 0) is 90.5 Å². The van der Waals surface area contributed by atoms with Gasteiger partial charge in [-0.3, -0.25) is 14.6 Å². The first-order chi connectivity index (χ1) is 21.7. The fourth-order valence-corrected chi connectivity index (χ4v) is 7.75. The summed E-state index contributed by atoms with van der Waals surface area (Å²) in [6.07, 6.45) is 7.05. The number of tetrazole rings is 1. The van der Waals surface area contributed by atoms with Crippen molar-refractivity contribution in [3.05, 3.63) is 70.5 Å². The van der Waals surface area contributed by atoms with Crippen LogP contribution in [0.5, 0.6) is 0 Å². The lowest BCUT2D eigenvalue weighted by molar-refractivity contribution is -0.152. The minimum atomic E-state index is -2.08. The average molecular weight is 667 g/mol. The Morgan fingerprint density at radius 2 is 1.93 bits per heavy atom. The molecule has 2 aliphatic heterocycles. The highest BCUT2D eigenvalue weighted by molar-refractivity contribution is 6.74. The normalized spacial score (nSPS) is 20.7. The number of benzene rings is 1. The number of Topliss-reactive ketones (excluding diaryl/α,β-unsaturated/α-hetero) is 1. The van der Waals surface area contributed by atoms with Crippen LogP contribution in [0.4, 0.5) is 4.39 Å². The maximum absolute atomic E-state index is 15.3. The van der Waals surface area contributed by atoms with Crippen LogP contribution in [-0.4, -0.2) is 74.8 Å². The van der Waals surface area contributed by atoms with E-state index in [0.717, 1.165) is 12.8 Å². The molecule has 11 nitrogen and oxygen atoms in total. The van der Waals surface area contributed by atoms with Crippen LogP contribution in [0.2, 0.25) is 23.2 Å². The second kappa shape index (κ2) is 11.8. The van der Waals surface area contributed by atoms with E-state index in [1.165, 1.54) is 28.1 Å². The third kappa shape index (κ3) is 5.91. The maximum atomic E-state index is 15.3. The number of amides is 1. The standard InChI is InChI=1S/C32H36ClFN6O5Si/c1-31(2,3)46(4,5)45-32(11-12-32)26-15-19(10-13-35-26)25(41)17-44-30(43)24-8-6-21-14-20(16-27(42)40(21)24)28-23(39-18-36-37-38-39)9-7-22(33)29(28)34/h7,9-10,13,15-16,18,21,24H,6,8,11-12,14,17H2,1-5H3/t21-,24+/m1/s1. The van der Waals surface area contributed by atoms with E-state index in [9.17, 15) is 14.4 Å². The van der Waals surface area contributed by atoms with Gasteiger partial charge in [-0.15, -0.1) is 5.10 Å². The molecule has 0 unspecified atom stereocenters. The van der Waals surface area contributed by atoms with Crippen molar-refractivity contribution in [2.24, 2.45) is 0 Å². The highest BCUT2D eigenvalue weighted by atomic mass is 35.5. The molecule has 0 bridgehead atoms. The molecule has 0 radical (unpaired) electrons. The van der Waals surface area contributed by atoms with Gasteiger partial charge in [0.2, 0.25) is 5.91 Å². The zero-order valence-electron chi connectivity index (χ0n) is 26.4.